The fourth-order valence-electron chi connectivity index (χ4n) is 2.80. The molecule has 1 amide bonds. The van der Waals surface area contributed by atoms with Gasteiger partial charge in [-0.25, -0.2) is 0 Å². The van der Waals surface area contributed by atoms with E-state index in [0.717, 1.165) is 16.8 Å². The predicted molar refractivity (Wildman–Crippen MR) is 103 cm³/mol. The maximum Gasteiger partial charge on any atom is 0.280 e. The third-order valence-electron chi connectivity index (χ3n) is 4.03. The number of ether oxygens (including phenoxy) is 2. The summed E-state index contributed by atoms with van der Waals surface area (Å²) in [7, 11) is 3.06. The van der Waals surface area contributed by atoms with Gasteiger partial charge in [-0.05, 0) is 49.2 Å². The number of benzene rings is 2. The number of hydrogen-bond donors (Lipinski definition) is 2. The van der Waals surface area contributed by atoms with Crippen LogP contribution in [-0.4, -0.2) is 35.1 Å². The van der Waals surface area contributed by atoms with E-state index >= 15 is 0 Å². The van der Waals surface area contributed by atoms with Crippen molar-refractivity contribution >= 4 is 17.4 Å². The van der Waals surface area contributed by atoms with E-state index in [2.05, 4.69) is 15.6 Å². The van der Waals surface area contributed by atoms with E-state index < -0.39 is 5.91 Å². The van der Waals surface area contributed by atoms with Crippen LogP contribution in [0, 0.1) is 13.8 Å². The van der Waals surface area contributed by atoms with Gasteiger partial charge in [0.1, 0.15) is 11.5 Å². The molecule has 2 aromatic carbocycles. The van der Waals surface area contributed by atoms with Gasteiger partial charge in [-0.3, -0.25) is 4.79 Å². The van der Waals surface area contributed by atoms with Crippen molar-refractivity contribution < 1.29 is 14.3 Å². The third kappa shape index (κ3) is 3.69. The van der Waals surface area contributed by atoms with Gasteiger partial charge in [-0.2, -0.15) is 4.68 Å². The summed E-state index contributed by atoms with van der Waals surface area (Å²) in [4.78, 5) is 12.6. The van der Waals surface area contributed by atoms with Crippen molar-refractivity contribution in [3.8, 4) is 17.2 Å². The van der Waals surface area contributed by atoms with Crippen LogP contribution in [0.1, 0.15) is 21.6 Å². The molecule has 0 bridgehead atoms. The fourth-order valence-corrected chi connectivity index (χ4v) is 2.80. The van der Waals surface area contributed by atoms with E-state index in [1.807, 2.05) is 32.0 Å². The Kier molecular flexibility index (Phi) is 4.98. The second kappa shape index (κ2) is 7.36. The van der Waals surface area contributed by atoms with Crippen molar-refractivity contribution in [2.24, 2.45) is 0 Å². The zero-order chi connectivity index (χ0) is 19.6. The van der Waals surface area contributed by atoms with Crippen LogP contribution < -0.4 is 20.5 Å². The first kappa shape index (κ1) is 18.2. The molecule has 0 aliphatic carbocycles. The molecule has 0 saturated heterocycles. The molecule has 3 aromatic rings. The van der Waals surface area contributed by atoms with Crippen LogP contribution in [0.15, 0.2) is 36.4 Å². The summed E-state index contributed by atoms with van der Waals surface area (Å²) in [5, 5.41) is 10.7. The first-order chi connectivity index (χ1) is 12.9. The molecule has 0 radical (unpaired) electrons. The molecule has 3 N–H and O–H groups in total. The monoisotopic (exact) mass is 367 g/mol. The van der Waals surface area contributed by atoms with Crippen molar-refractivity contribution in [1.29, 1.82) is 0 Å². The van der Waals surface area contributed by atoms with Crippen molar-refractivity contribution in [3.05, 3.63) is 53.2 Å². The Balaban J connectivity index is 1.90. The van der Waals surface area contributed by atoms with Crippen molar-refractivity contribution in [3.63, 3.8) is 0 Å². The zero-order valence-electron chi connectivity index (χ0n) is 15.6. The standard InChI is InChI=1S/C19H21N5O3/c1-11-7-12(2)9-13(8-11)24-18(20)17(22-23-24)19(25)21-15-6-5-14(26-3)10-16(15)27-4/h5-10H,20H2,1-4H3,(H,21,25). The van der Waals surface area contributed by atoms with Crippen LogP contribution in [-0.2, 0) is 0 Å². The van der Waals surface area contributed by atoms with Crippen molar-refractivity contribution in [2.75, 3.05) is 25.3 Å². The number of nitrogen functional groups attached to an aromatic ring is 1. The molecule has 0 aliphatic heterocycles. The van der Waals surface area contributed by atoms with E-state index in [4.69, 9.17) is 15.2 Å². The second-order valence-electron chi connectivity index (χ2n) is 6.10. The number of methoxy groups -OCH3 is 2. The lowest BCUT2D eigenvalue weighted by atomic mass is 10.1. The lowest BCUT2D eigenvalue weighted by Gasteiger charge is -2.11. The van der Waals surface area contributed by atoms with Gasteiger partial charge in [-0.15, -0.1) is 5.10 Å². The molecule has 140 valence electrons. The van der Waals surface area contributed by atoms with Crippen LogP contribution in [0.4, 0.5) is 11.5 Å². The molecule has 0 fully saturated rings. The highest BCUT2D eigenvalue weighted by Crippen LogP contribution is 2.29. The quantitative estimate of drug-likeness (QED) is 0.718. The number of nitrogens with two attached hydrogens (primary N) is 1. The summed E-state index contributed by atoms with van der Waals surface area (Å²) < 4.78 is 11.9. The largest absolute Gasteiger partial charge is 0.497 e. The summed E-state index contributed by atoms with van der Waals surface area (Å²) >= 11 is 0. The Bertz CT molecular complexity index is 977. The third-order valence-corrected chi connectivity index (χ3v) is 4.03. The van der Waals surface area contributed by atoms with Gasteiger partial charge >= 0.3 is 0 Å². The Hall–Kier alpha value is -3.55. The second-order valence-corrected chi connectivity index (χ2v) is 6.10. The first-order valence-electron chi connectivity index (χ1n) is 8.26. The number of nitrogens with one attached hydrogen (secondary N) is 1. The van der Waals surface area contributed by atoms with Crippen LogP contribution in [0.25, 0.3) is 5.69 Å². The average molecular weight is 367 g/mol. The molecular weight excluding hydrogens is 346 g/mol. The lowest BCUT2D eigenvalue weighted by molar-refractivity contribution is 0.102. The normalized spacial score (nSPS) is 10.5. The smallest absolute Gasteiger partial charge is 0.280 e. The molecule has 0 spiro atoms. The van der Waals surface area contributed by atoms with E-state index in [9.17, 15) is 4.79 Å². The topological polar surface area (TPSA) is 104 Å². The van der Waals surface area contributed by atoms with Crippen LogP contribution in [0.2, 0.25) is 0 Å². The van der Waals surface area contributed by atoms with Crippen molar-refractivity contribution in [2.45, 2.75) is 13.8 Å². The number of aryl methyl sites for hydroxylation is 2. The van der Waals surface area contributed by atoms with Gasteiger partial charge in [0.25, 0.3) is 5.91 Å². The van der Waals surface area contributed by atoms with Gasteiger partial charge in [0, 0.05) is 6.07 Å². The molecule has 1 aromatic heterocycles. The number of anilines is 2. The predicted octanol–water partition coefficient (Wildman–Crippen LogP) is 2.74. The number of carbonyl (C=O) groups excluding carboxylic acids is 1. The molecule has 3 rings (SSSR count). The molecule has 8 heteroatoms. The van der Waals surface area contributed by atoms with Crippen molar-refractivity contribution in [1.82, 2.24) is 15.0 Å². The highest BCUT2D eigenvalue weighted by Gasteiger charge is 2.20. The molecule has 27 heavy (non-hydrogen) atoms. The summed E-state index contributed by atoms with van der Waals surface area (Å²) in [5.41, 5.74) is 9.52. The summed E-state index contributed by atoms with van der Waals surface area (Å²) in [6.45, 7) is 3.96. The molecular formula is C19H21N5O3. The van der Waals surface area contributed by atoms with Crippen LogP contribution >= 0.6 is 0 Å². The highest BCUT2D eigenvalue weighted by atomic mass is 16.5. The molecule has 8 nitrogen and oxygen atoms in total. The SMILES string of the molecule is COc1ccc(NC(=O)c2nnn(-c3cc(C)cc(C)c3)c2N)c(OC)c1. The number of rotatable bonds is 5. The maximum atomic E-state index is 12.6. The number of amides is 1. The number of carbonyl (C=O) groups is 1. The summed E-state index contributed by atoms with van der Waals surface area (Å²) in [6.07, 6.45) is 0. The molecule has 0 aliphatic rings. The molecule has 1 heterocycles. The highest BCUT2D eigenvalue weighted by molar-refractivity contribution is 6.06. The van der Waals surface area contributed by atoms with Gasteiger partial charge in [0.2, 0.25) is 0 Å². The van der Waals surface area contributed by atoms with E-state index in [-0.39, 0.29) is 11.5 Å². The average Bonchev–Trinajstić information content (AvgIpc) is 3.02. The Morgan fingerprint density at radius 2 is 1.78 bits per heavy atom. The Morgan fingerprint density at radius 1 is 1.07 bits per heavy atom. The van der Waals surface area contributed by atoms with Crippen LogP contribution in [0.5, 0.6) is 11.5 Å². The minimum absolute atomic E-state index is 0.0343. The van der Waals surface area contributed by atoms with E-state index in [0.29, 0.717) is 17.2 Å². The number of nitrogens with zero attached hydrogens (tertiary/aromatic N) is 3. The number of aromatic nitrogens is 3. The molecule has 0 saturated carbocycles. The zero-order valence-corrected chi connectivity index (χ0v) is 15.6. The fraction of sp³-hybridized carbons (Fsp3) is 0.211. The first-order valence-corrected chi connectivity index (χ1v) is 8.26. The minimum Gasteiger partial charge on any atom is -0.497 e. The summed E-state index contributed by atoms with van der Waals surface area (Å²) in [6, 6.07) is 11.0. The van der Waals surface area contributed by atoms with Crippen LogP contribution in [0.3, 0.4) is 0 Å². The molecule has 0 atom stereocenters. The van der Waals surface area contributed by atoms with Gasteiger partial charge in [-0.1, -0.05) is 11.3 Å². The number of hydrogen-bond acceptors (Lipinski definition) is 6. The summed E-state index contributed by atoms with van der Waals surface area (Å²) in [5.74, 6) is 0.754. The minimum atomic E-state index is -0.480. The van der Waals surface area contributed by atoms with Gasteiger partial charge in [0.15, 0.2) is 11.5 Å². The van der Waals surface area contributed by atoms with E-state index in [1.54, 1.807) is 25.3 Å². The van der Waals surface area contributed by atoms with Gasteiger partial charge in [0.05, 0.1) is 25.6 Å². The Morgan fingerprint density at radius 3 is 2.41 bits per heavy atom. The Labute approximate surface area is 156 Å². The molecule has 0 unspecified atom stereocenters. The lowest BCUT2D eigenvalue weighted by Crippen LogP contribution is -2.15. The maximum absolute atomic E-state index is 12.6. The van der Waals surface area contributed by atoms with Gasteiger partial charge < -0.3 is 20.5 Å². The van der Waals surface area contributed by atoms with E-state index in [1.165, 1.54) is 11.8 Å².